The van der Waals surface area contributed by atoms with Crippen LogP contribution in [0.25, 0.3) is 0 Å². The summed E-state index contributed by atoms with van der Waals surface area (Å²) < 4.78 is 68.8. The molecule has 1 fully saturated rings. The van der Waals surface area contributed by atoms with Crippen LogP contribution < -0.4 is 30.6 Å². The minimum Gasteiger partial charge on any atom is -0.468 e. The number of carbonyl (C=O) groups excluding carboxylic acids is 2. The third-order valence-electron chi connectivity index (χ3n) is 7.50. The number of hydrogen-bond donors (Lipinski definition) is 3. The van der Waals surface area contributed by atoms with Crippen molar-refractivity contribution >= 4 is 33.2 Å². The number of carbonyl (C=O) groups is 2. The largest absolute Gasteiger partial charge is 0.468 e. The van der Waals surface area contributed by atoms with Crippen molar-refractivity contribution in [3.8, 4) is 17.6 Å². The number of nitriles is 1. The predicted octanol–water partition coefficient (Wildman–Crippen LogP) is 3.33. The number of aromatic nitrogens is 2. The van der Waals surface area contributed by atoms with Crippen molar-refractivity contribution < 1.29 is 51.0 Å². The number of nitrogens with zero attached hydrogens (tertiary/aromatic N) is 3. The summed E-state index contributed by atoms with van der Waals surface area (Å²) in [6.45, 7) is 3.36. The van der Waals surface area contributed by atoms with E-state index in [1.165, 1.54) is 57.3 Å². The van der Waals surface area contributed by atoms with Crippen molar-refractivity contribution in [1.29, 1.82) is 5.26 Å². The van der Waals surface area contributed by atoms with Gasteiger partial charge in [-0.2, -0.15) is 20.4 Å². The van der Waals surface area contributed by atoms with Crippen LogP contribution in [0.1, 0.15) is 27.0 Å². The highest BCUT2D eigenvalue weighted by molar-refractivity contribution is 7.52. The van der Waals surface area contributed by atoms with Crippen LogP contribution in [-0.4, -0.2) is 66.6 Å². The van der Waals surface area contributed by atoms with E-state index in [9.17, 15) is 28.8 Å². The summed E-state index contributed by atoms with van der Waals surface area (Å²) in [4.78, 5) is 41.4. The van der Waals surface area contributed by atoms with Gasteiger partial charge in [0.15, 0.2) is 6.23 Å². The van der Waals surface area contributed by atoms with Gasteiger partial charge in [0, 0.05) is 6.20 Å². The molecular formula is C31H38N6O12P2. The van der Waals surface area contributed by atoms with Crippen molar-refractivity contribution in [2.75, 3.05) is 26.6 Å². The Hall–Kier alpha value is -4.59. The number of methoxy groups -OCH3 is 2. The fourth-order valence-corrected chi connectivity index (χ4v) is 8.24. The molecule has 2 unspecified atom stereocenters. The second kappa shape index (κ2) is 16.6. The Balaban J connectivity index is 1.78. The summed E-state index contributed by atoms with van der Waals surface area (Å²) in [5, 5.41) is 15.7. The smallest absolute Gasteiger partial charge is 0.459 e. The third-order valence-corrected chi connectivity index (χ3v) is 10.8. The van der Waals surface area contributed by atoms with E-state index < -0.39 is 75.7 Å². The van der Waals surface area contributed by atoms with Gasteiger partial charge in [0.05, 0.1) is 26.9 Å². The van der Waals surface area contributed by atoms with Gasteiger partial charge in [0.25, 0.3) is 0 Å². The standard InChI is InChI=1S/C31H38N6O12P2/c1-20(27(38)43-4)35-50(41,47-22-12-8-6-9-13-22)45-18-24-26(31(3,19-32)29(46-24)37-17-16-25(33)34-30(37)40)49-51(42,36-21(2)28(39)44-5)48-23-14-10-7-11-15-23/h6-17,20-21,24,26,29H,18H2,1-5H3,(H,35,41)(H,36,42)(H2,33,34,40)/t20-,21-,24+,26+,29+,31+,50?,51?/m0/s1. The van der Waals surface area contributed by atoms with Crippen LogP contribution in [0.4, 0.5) is 5.82 Å². The summed E-state index contributed by atoms with van der Waals surface area (Å²) in [5.74, 6) is -1.54. The lowest BCUT2D eigenvalue weighted by Crippen LogP contribution is -2.44. The van der Waals surface area contributed by atoms with Crippen LogP contribution in [0.2, 0.25) is 0 Å². The highest BCUT2D eigenvalue weighted by atomic mass is 31.2. The second-order valence-corrected chi connectivity index (χ2v) is 14.7. The highest BCUT2D eigenvalue weighted by Gasteiger charge is 2.59. The van der Waals surface area contributed by atoms with Gasteiger partial charge in [0.2, 0.25) is 0 Å². The Morgan fingerprint density at radius 1 is 0.961 bits per heavy atom. The monoisotopic (exact) mass is 748 g/mol. The topological polar surface area (TPSA) is 242 Å². The van der Waals surface area contributed by atoms with Gasteiger partial charge >= 0.3 is 33.1 Å². The van der Waals surface area contributed by atoms with Gasteiger partial charge in [0.1, 0.15) is 47.0 Å². The number of hydrogen-bond acceptors (Lipinski definition) is 15. The molecule has 8 atom stereocenters. The first-order valence-electron chi connectivity index (χ1n) is 15.3. The first kappa shape index (κ1) is 39.2. The summed E-state index contributed by atoms with van der Waals surface area (Å²) in [5.41, 5.74) is 2.91. The van der Waals surface area contributed by atoms with E-state index >= 15 is 0 Å². The molecule has 1 saturated heterocycles. The van der Waals surface area contributed by atoms with Crippen LogP contribution in [0, 0.1) is 16.7 Å². The summed E-state index contributed by atoms with van der Waals surface area (Å²) in [6.07, 6.45) is -3.32. The fraction of sp³-hybridized carbons (Fsp3) is 0.387. The number of esters is 2. The Bertz CT molecular complexity index is 1880. The molecule has 4 N–H and O–H groups in total. The number of ether oxygens (including phenoxy) is 3. The van der Waals surface area contributed by atoms with Gasteiger partial charge in [-0.05, 0) is 51.1 Å². The Kier molecular flexibility index (Phi) is 12.8. The maximum Gasteiger partial charge on any atom is 0.459 e. The van der Waals surface area contributed by atoms with Crippen molar-refractivity contribution in [2.45, 2.75) is 51.3 Å². The number of benzene rings is 2. The number of nitrogens with two attached hydrogens (primary N) is 1. The molecule has 3 aromatic rings. The van der Waals surface area contributed by atoms with Crippen molar-refractivity contribution in [1.82, 2.24) is 19.7 Å². The van der Waals surface area contributed by atoms with E-state index in [0.29, 0.717) is 0 Å². The van der Waals surface area contributed by atoms with Gasteiger partial charge in [-0.1, -0.05) is 36.4 Å². The molecular weight excluding hydrogens is 710 g/mol. The fourth-order valence-electron chi connectivity index (χ4n) is 4.95. The van der Waals surface area contributed by atoms with E-state index in [1.807, 2.05) is 0 Å². The summed E-state index contributed by atoms with van der Waals surface area (Å²) in [7, 11) is -6.90. The normalized spacial score (nSPS) is 23.4. The van der Waals surface area contributed by atoms with Crippen LogP contribution in [0.15, 0.2) is 77.7 Å². The van der Waals surface area contributed by atoms with E-state index in [1.54, 1.807) is 36.4 Å². The number of nitrogens with one attached hydrogen (secondary N) is 2. The average molecular weight is 749 g/mol. The zero-order valence-corrected chi connectivity index (χ0v) is 30.0. The third kappa shape index (κ3) is 9.60. The molecule has 0 bridgehead atoms. The molecule has 20 heteroatoms. The molecule has 1 aliphatic heterocycles. The lowest BCUT2D eigenvalue weighted by Gasteiger charge is -2.32. The maximum atomic E-state index is 14.6. The minimum absolute atomic E-state index is 0.0630. The molecule has 0 aliphatic carbocycles. The molecule has 274 valence electrons. The molecule has 2 heterocycles. The first-order chi connectivity index (χ1) is 24.2. The van der Waals surface area contributed by atoms with E-state index in [2.05, 4.69) is 21.2 Å². The number of anilines is 1. The van der Waals surface area contributed by atoms with Crippen molar-refractivity contribution in [2.24, 2.45) is 5.41 Å². The van der Waals surface area contributed by atoms with Gasteiger partial charge in [-0.3, -0.25) is 23.2 Å². The van der Waals surface area contributed by atoms with Crippen LogP contribution >= 0.6 is 15.5 Å². The highest BCUT2D eigenvalue weighted by Crippen LogP contribution is 2.56. The first-order valence-corrected chi connectivity index (χ1v) is 18.4. The molecule has 1 aliphatic rings. The molecule has 4 rings (SSSR count). The Morgan fingerprint density at radius 2 is 1.47 bits per heavy atom. The minimum atomic E-state index is -4.68. The second-order valence-electron chi connectivity index (χ2n) is 11.3. The van der Waals surface area contributed by atoms with Crippen molar-refractivity contribution in [3.05, 3.63) is 83.4 Å². The molecule has 0 amide bonds. The molecule has 0 radical (unpaired) electrons. The van der Waals surface area contributed by atoms with Crippen molar-refractivity contribution in [3.63, 3.8) is 0 Å². The molecule has 0 spiro atoms. The zero-order chi connectivity index (χ0) is 37.4. The zero-order valence-electron chi connectivity index (χ0n) is 28.2. The van der Waals surface area contributed by atoms with E-state index in [-0.39, 0.29) is 17.3 Å². The van der Waals surface area contributed by atoms with E-state index in [4.69, 9.17) is 38.0 Å². The quantitative estimate of drug-likeness (QED) is 0.141. The molecule has 0 saturated carbocycles. The summed E-state index contributed by atoms with van der Waals surface area (Å²) in [6, 6.07) is 16.7. The maximum absolute atomic E-state index is 14.6. The van der Waals surface area contributed by atoms with E-state index in [0.717, 1.165) is 18.8 Å². The predicted molar refractivity (Wildman–Crippen MR) is 180 cm³/mol. The van der Waals surface area contributed by atoms with Crippen LogP contribution in [-0.2, 0) is 42.0 Å². The van der Waals surface area contributed by atoms with Gasteiger partial charge < -0.3 is 29.0 Å². The lowest BCUT2D eigenvalue weighted by molar-refractivity contribution is -0.143. The average Bonchev–Trinajstić information content (AvgIpc) is 3.37. The SMILES string of the molecule is COC(=O)[C@H](C)NP(=O)(OC[C@H]1O[C@@H](n2ccc(N)nc2=O)[C@](C)(C#N)[C@@H]1OP(=O)(N[C@@H](C)C(=O)OC)Oc1ccccc1)Oc1ccccc1. The lowest BCUT2D eigenvalue weighted by atomic mass is 9.84. The molecule has 2 aromatic carbocycles. The number of nitrogen functional groups attached to an aromatic ring is 1. The van der Waals surface area contributed by atoms with Crippen LogP contribution in [0.3, 0.4) is 0 Å². The van der Waals surface area contributed by atoms with Gasteiger partial charge in [-0.15, -0.1) is 0 Å². The molecule has 1 aromatic heterocycles. The Labute approximate surface area is 293 Å². The molecule has 18 nitrogen and oxygen atoms in total. The number of para-hydroxylation sites is 2. The van der Waals surface area contributed by atoms with Crippen LogP contribution in [0.5, 0.6) is 11.5 Å². The summed E-state index contributed by atoms with van der Waals surface area (Å²) >= 11 is 0. The Morgan fingerprint density at radius 3 is 1.96 bits per heavy atom. The van der Waals surface area contributed by atoms with Gasteiger partial charge in [-0.25, -0.2) is 13.9 Å². The number of rotatable bonds is 16. The molecule has 51 heavy (non-hydrogen) atoms.